The molecular formula is C22H20FN5O2. The fraction of sp³-hybridized carbons (Fsp3) is 0.318. The first-order valence-corrected chi connectivity index (χ1v) is 9.92. The molecule has 1 saturated heterocycles. The van der Waals surface area contributed by atoms with Crippen molar-refractivity contribution in [1.82, 2.24) is 24.8 Å². The quantitative estimate of drug-likeness (QED) is 0.664. The Hall–Kier alpha value is -3.42. The van der Waals surface area contributed by atoms with Crippen LogP contribution in [0.4, 0.5) is 4.39 Å². The van der Waals surface area contributed by atoms with Crippen molar-refractivity contribution in [2.24, 2.45) is 5.92 Å². The number of piperidine rings is 1. The molecule has 8 heteroatoms. The zero-order valence-corrected chi connectivity index (χ0v) is 16.4. The van der Waals surface area contributed by atoms with Crippen LogP contribution in [0, 0.1) is 18.7 Å². The number of aryl methyl sites for hydroxylation is 1. The van der Waals surface area contributed by atoms with Gasteiger partial charge >= 0.3 is 0 Å². The maximum atomic E-state index is 14.8. The minimum atomic E-state index is -0.574. The molecule has 2 aromatic heterocycles. The molecular weight excluding hydrogens is 385 g/mol. The zero-order valence-electron chi connectivity index (χ0n) is 16.4. The molecule has 5 rings (SSSR count). The predicted molar refractivity (Wildman–Crippen MR) is 106 cm³/mol. The normalized spacial score (nSPS) is 22.3. The van der Waals surface area contributed by atoms with Crippen molar-refractivity contribution >= 4 is 5.91 Å². The minimum absolute atomic E-state index is 0.00475. The summed E-state index contributed by atoms with van der Waals surface area (Å²) >= 11 is 0. The van der Waals surface area contributed by atoms with Crippen LogP contribution < -0.4 is 4.74 Å². The number of amides is 1. The Bertz CT molecular complexity index is 1080. The number of hydrogen-bond donors (Lipinski definition) is 0. The van der Waals surface area contributed by atoms with Gasteiger partial charge in [0.25, 0.3) is 5.91 Å². The monoisotopic (exact) mass is 405 g/mol. The van der Waals surface area contributed by atoms with Crippen molar-refractivity contribution in [2.45, 2.75) is 31.9 Å². The maximum Gasteiger partial charge on any atom is 0.257 e. The number of ether oxygens (including phenoxy) is 1. The van der Waals surface area contributed by atoms with Gasteiger partial charge in [0.1, 0.15) is 11.9 Å². The highest BCUT2D eigenvalue weighted by Gasteiger charge is 2.49. The van der Waals surface area contributed by atoms with Gasteiger partial charge in [-0.2, -0.15) is 0 Å². The van der Waals surface area contributed by atoms with E-state index in [0.717, 1.165) is 18.5 Å². The molecule has 1 aliphatic heterocycles. The highest BCUT2D eigenvalue weighted by Crippen LogP contribution is 2.41. The van der Waals surface area contributed by atoms with E-state index in [2.05, 4.69) is 19.9 Å². The molecule has 1 saturated carbocycles. The second kappa shape index (κ2) is 7.44. The van der Waals surface area contributed by atoms with E-state index in [1.807, 2.05) is 6.92 Å². The van der Waals surface area contributed by atoms with Crippen LogP contribution in [-0.2, 0) is 0 Å². The lowest BCUT2D eigenvalue weighted by molar-refractivity contribution is 0.0462. The molecule has 0 spiro atoms. The van der Waals surface area contributed by atoms with Crippen molar-refractivity contribution in [1.29, 1.82) is 0 Å². The standard InChI is InChI=1S/C22H20FN5O2/c1-13-10-27-19(11-26-13)30-18-9-14-8-17(18)28(12-14)22(29)20-15(4-2-5-16(20)23)21-24-6-3-7-25-21/h2-7,10-11,14,17-18H,8-9,12H2,1H3. The molecule has 152 valence electrons. The van der Waals surface area contributed by atoms with Crippen LogP contribution in [-0.4, -0.2) is 49.4 Å². The summed E-state index contributed by atoms with van der Waals surface area (Å²) in [6.07, 6.45) is 7.88. The first kappa shape index (κ1) is 18.6. The number of rotatable bonds is 4. The Morgan fingerprint density at radius 3 is 2.67 bits per heavy atom. The molecule has 30 heavy (non-hydrogen) atoms. The van der Waals surface area contributed by atoms with Crippen LogP contribution in [0.5, 0.6) is 5.88 Å². The third-order valence-corrected chi connectivity index (χ3v) is 5.75. The molecule has 2 bridgehead atoms. The summed E-state index contributed by atoms with van der Waals surface area (Å²) in [6, 6.07) is 6.09. The minimum Gasteiger partial charge on any atom is -0.471 e. The Balaban J connectivity index is 1.43. The molecule has 1 aromatic carbocycles. The summed E-state index contributed by atoms with van der Waals surface area (Å²) in [5.41, 5.74) is 1.21. The van der Waals surface area contributed by atoms with Gasteiger partial charge in [0.05, 0.1) is 29.7 Å². The van der Waals surface area contributed by atoms with Crippen LogP contribution in [0.3, 0.4) is 0 Å². The van der Waals surface area contributed by atoms with Crippen molar-refractivity contribution in [3.63, 3.8) is 0 Å². The van der Waals surface area contributed by atoms with Gasteiger partial charge in [0.15, 0.2) is 5.82 Å². The van der Waals surface area contributed by atoms with E-state index in [0.29, 0.717) is 29.7 Å². The molecule has 1 amide bonds. The van der Waals surface area contributed by atoms with Gasteiger partial charge in [-0.25, -0.2) is 19.3 Å². The number of nitrogens with zero attached hydrogens (tertiary/aromatic N) is 5. The molecule has 0 radical (unpaired) electrons. The number of likely N-dealkylation sites (tertiary alicyclic amines) is 1. The first-order valence-electron chi connectivity index (χ1n) is 9.92. The molecule has 1 aliphatic carbocycles. The second-order valence-corrected chi connectivity index (χ2v) is 7.75. The highest BCUT2D eigenvalue weighted by atomic mass is 19.1. The molecule has 3 heterocycles. The number of fused-ring (bicyclic) bond motifs is 2. The molecule has 2 aliphatic rings. The molecule has 3 atom stereocenters. The number of carbonyl (C=O) groups is 1. The third-order valence-electron chi connectivity index (χ3n) is 5.75. The van der Waals surface area contributed by atoms with Crippen LogP contribution >= 0.6 is 0 Å². The lowest BCUT2D eigenvalue weighted by Crippen LogP contribution is -2.47. The molecule has 0 N–H and O–H groups in total. The fourth-order valence-corrected chi connectivity index (χ4v) is 4.43. The summed E-state index contributed by atoms with van der Waals surface area (Å²) in [5.74, 6) is 0.161. The van der Waals surface area contributed by atoms with Gasteiger partial charge in [0, 0.05) is 24.5 Å². The van der Waals surface area contributed by atoms with Crippen molar-refractivity contribution in [3.8, 4) is 17.3 Å². The Kier molecular flexibility index (Phi) is 4.61. The van der Waals surface area contributed by atoms with Gasteiger partial charge in [0.2, 0.25) is 5.88 Å². The third kappa shape index (κ3) is 3.28. The van der Waals surface area contributed by atoms with Gasteiger partial charge in [-0.1, -0.05) is 12.1 Å². The van der Waals surface area contributed by atoms with E-state index in [-0.39, 0.29) is 23.6 Å². The lowest BCUT2D eigenvalue weighted by Gasteiger charge is -2.33. The number of benzene rings is 1. The van der Waals surface area contributed by atoms with Crippen LogP contribution in [0.1, 0.15) is 28.9 Å². The van der Waals surface area contributed by atoms with E-state index in [1.54, 1.807) is 47.9 Å². The SMILES string of the molecule is Cc1cnc(OC2CC3CC2N(C(=O)c2c(F)cccc2-c2ncccn2)C3)cn1. The van der Waals surface area contributed by atoms with Crippen LogP contribution in [0.15, 0.2) is 49.1 Å². The number of carbonyl (C=O) groups excluding carboxylic acids is 1. The highest BCUT2D eigenvalue weighted by molar-refractivity contribution is 6.00. The molecule has 7 nitrogen and oxygen atoms in total. The molecule has 2 fully saturated rings. The number of aromatic nitrogens is 4. The second-order valence-electron chi connectivity index (χ2n) is 7.75. The average molecular weight is 405 g/mol. The van der Waals surface area contributed by atoms with Crippen molar-refractivity contribution in [3.05, 3.63) is 66.1 Å². The van der Waals surface area contributed by atoms with E-state index in [4.69, 9.17) is 4.74 Å². The number of halogens is 1. The van der Waals surface area contributed by atoms with E-state index in [1.165, 1.54) is 6.07 Å². The first-order chi connectivity index (χ1) is 14.6. The van der Waals surface area contributed by atoms with Crippen molar-refractivity contribution < 1.29 is 13.9 Å². The average Bonchev–Trinajstić information content (AvgIpc) is 3.36. The topological polar surface area (TPSA) is 81.1 Å². The summed E-state index contributed by atoms with van der Waals surface area (Å²) in [4.78, 5) is 32.0. The largest absolute Gasteiger partial charge is 0.471 e. The zero-order chi connectivity index (χ0) is 20.7. The Labute approximate surface area is 173 Å². The Morgan fingerprint density at radius 2 is 1.93 bits per heavy atom. The summed E-state index contributed by atoms with van der Waals surface area (Å²) in [6.45, 7) is 2.45. The lowest BCUT2D eigenvalue weighted by atomic mass is 10.0. The summed E-state index contributed by atoms with van der Waals surface area (Å²) in [5, 5.41) is 0. The van der Waals surface area contributed by atoms with Crippen LogP contribution in [0.25, 0.3) is 11.4 Å². The van der Waals surface area contributed by atoms with Gasteiger partial charge in [-0.05, 0) is 37.8 Å². The molecule has 3 unspecified atom stereocenters. The van der Waals surface area contributed by atoms with Gasteiger partial charge in [-0.3, -0.25) is 9.78 Å². The van der Waals surface area contributed by atoms with Gasteiger partial charge in [-0.15, -0.1) is 0 Å². The van der Waals surface area contributed by atoms with Crippen LogP contribution in [0.2, 0.25) is 0 Å². The predicted octanol–water partition coefficient (Wildman–Crippen LogP) is 3.06. The smallest absolute Gasteiger partial charge is 0.257 e. The maximum absolute atomic E-state index is 14.8. The fourth-order valence-electron chi connectivity index (χ4n) is 4.43. The van der Waals surface area contributed by atoms with E-state index >= 15 is 0 Å². The summed E-state index contributed by atoms with van der Waals surface area (Å²) in [7, 11) is 0. The van der Waals surface area contributed by atoms with E-state index in [9.17, 15) is 9.18 Å². The Morgan fingerprint density at radius 1 is 1.10 bits per heavy atom. The molecule has 3 aromatic rings. The van der Waals surface area contributed by atoms with Gasteiger partial charge < -0.3 is 9.64 Å². The van der Waals surface area contributed by atoms with E-state index < -0.39 is 5.82 Å². The van der Waals surface area contributed by atoms with Crippen molar-refractivity contribution in [2.75, 3.05) is 6.54 Å². The summed E-state index contributed by atoms with van der Waals surface area (Å²) < 4.78 is 20.9. The number of hydrogen-bond acceptors (Lipinski definition) is 6.